The summed E-state index contributed by atoms with van der Waals surface area (Å²) in [6.07, 6.45) is 0. The third-order valence-corrected chi connectivity index (χ3v) is 2.51. The monoisotopic (exact) mass is 224 g/mol. The van der Waals surface area contributed by atoms with Gasteiger partial charge in [-0.2, -0.15) is 0 Å². The number of aliphatic imine (C=N–C) groups is 1. The van der Waals surface area contributed by atoms with Crippen LogP contribution in [0.3, 0.4) is 0 Å². The normalized spacial score (nSPS) is 20.3. The summed E-state index contributed by atoms with van der Waals surface area (Å²) in [7, 11) is 0. The number of rotatable bonds is 2. The first-order valence-electron chi connectivity index (χ1n) is 4.70. The van der Waals surface area contributed by atoms with Crippen LogP contribution in [0.5, 0.6) is 0 Å². The van der Waals surface area contributed by atoms with E-state index < -0.39 is 6.04 Å². The molecule has 0 spiro atoms. The predicted molar refractivity (Wildman–Crippen MR) is 58.7 cm³/mol. The molecular formula is C9H12N4OS. The zero-order valence-corrected chi connectivity index (χ0v) is 9.34. The van der Waals surface area contributed by atoms with Gasteiger partial charge in [-0.05, 0) is 13.8 Å². The quantitative estimate of drug-likeness (QED) is 0.776. The first kappa shape index (κ1) is 10.1. The van der Waals surface area contributed by atoms with Crippen LogP contribution >= 0.6 is 11.3 Å². The van der Waals surface area contributed by atoms with Gasteiger partial charge >= 0.3 is 0 Å². The van der Waals surface area contributed by atoms with E-state index in [4.69, 9.17) is 0 Å². The van der Waals surface area contributed by atoms with Gasteiger partial charge < -0.3 is 5.32 Å². The second kappa shape index (κ2) is 3.98. The number of aromatic nitrogens is 1. The summed E-state index contributed by atoms with van der Waals surface area (Å²) in [5.41, 5.74) is 2.41. The summed E-state index contributed by atoms with van der Waals surface area (Å²) in [6, 6.07) is -0.240. The fourth-order valence-electron chi connectivity index (χ4n) is 1.31. The lowest BCUT2D eigenvalue weighted by atomic mass is 10.2. The topological polar surface area (TPSA) is 66.4 Å². The van der Waals surface area contributed by atoms with Gasteiger partial charge in [-0.25, -0.2) is 9.98 Å². The second-order valence-corrected chi connectivity index (χ2v) is 4.30. The second-order valence-electron chi connectivity index (χ2n) is 3.58. The van der Waals surface area contributed by atoms with Crippen LogP contribution in [0.1, 0.15) is 25.6 Å². The average Bonchev–Trinajstić information content (AvgIpc) is 2.72. The Kier molecular flexibility index (Phi) is 2.68. The van der Waals surface area contributed by atoms with E-state index in [0.717, 1.165) is 0 Å². The van der Waals surface area contributed by atoms with Crippen molar-refractivity contribution in [3.63, 3.8) is 0 Å². The van der Waals surface area contributed by atoms with E-state index in [1.165, 1.54) is 11.3 Å². The van der Waals surface area contributed by atoms with Crippen LogP contribution in [0.15, 0.2) is 15.9 Å². The first-order chi connectivity index (χ1) is 7.16. The molecule has 5 nitrogen and oxygen atoms in total. The maximum atomic E-state index is 11.6. The Hall–Kier alpha value is -1.43. The number of hydrogen-bond acceptors (Lipinski definition) is 5. The van der Waals surface area contributed by atoms with Crippen molar-refractivity contribution in [3.8, 4) is 0 Å². The lowest BCUT2D eigenvalue weighted by molar-refractivity contribution is -0.120. The van der Waals surface area contributed by atoms with Gasteiger partial charge in [0.15, 0.2) is 12.0 Å². The Morgan fingerprint density at radius 1 is 1.60 bits per heavy atom. The summed E-state index contributed by atoms with van der Waals surface area (Å²) in [5.74, 6) is 0.414. The molecule has 1 amide bonds. The Bertz CT molecular complexity index is 385. The maximum absolute atomic E-state index is 11.6. The van der Waals surface area contributed by atoms with Crippen LogP contribution in [0, 0.1) is 0 Å². The Labute approximate surface area is 91.6 Å². The molecule has 1 atom stereocenters. The van der Waals surface area contributed by atoms with Crippen LogP contribution in [0.2, 0.25) is 0 Å². The number of carbonyl (C=O) groups excluding carboxylic acids is 1. The third-order valence-electron chi connectivity index (χ3n) is 1.91. The fourth-order valence-corrected chi connectivity index (χ4v) is 1.88. The highest BCUT2D eigenvalue weighted by Crippen LogP contribution is 2.20. The van der Waals surface area contributed by atoms with E-state index >= 15 is 0 Å². The SMILES string of the molecule is CC(C)NC1=NC(c2cscn2)C(=O)N1. The molecule has 80 valence electrons. The van der Waals surface area contributed by atoms with Gasteiger partial charge in [0.05, 0.1) is 11.2 Å². The summed E-state index contributed by atoms with van der Waals surface area (Å²) >= 11 is 1.46. The van der Waals surface area contributed by atoms with E-state index in [2.05, 4.69) is 20.6 Å². The molecule has 1 aliphatic heterocycles. The zero-order chi connectivity index (χ0) is 10.8. The summed E-state index contributed by atoms with van der Waals surface area (Å²) in [4.78, 5) is 19.9. The van der Waals surface area contributed by atoms with Crippen molar-refractivity contribution in [1.82, 2.24) is 15.6 Å². The smallest absolute Gasteiger partial charge is 0.257 e. The highest BCUT2D eigenvalue weighted by molar-refractivity contribution is 7.07. The minimum atomic E-state index is -0.488. The minimum absolute atomic E-state index is 0.121. The van der Waals surface area contributed by atoms with Gasteiger partial charge in [0.25, 0.3) is 5.91 Å². The molecule has 0 bridgehead atoms. The van der Waals surface area contributed by atoms with Crippen molar-refractivity contribution in [2.45, 2.75) is 25.9 Å². The molecule has 6 heteroatoms. The summed E-state index contributed by atoms with van der Waals surface area (Å²) < 4.78 is 0. The van der Waals surface area contributed by atoms with Gasteiger partial charge in [0.2, 0.25) is 0 Å². The zero-order valence-electron chi connectivity index (χ0n) is 8.52. The van der Waals surface area contributed by atoms with Crippen LogP contribution in [-0.4, -0.2) is 22.9 Å². The van der Waals surface area contributed by atoms with Crippen LogP contribution < -0.4 is 10.6 Å². The standard InChI is InChI=1S/C9H12N4OS/c1-5(2)11-9-12-7(8(14)13-9)6-3-15-4-10-6/h3-5,7H,1-2H3,(H2,11,12,13,14). The van der Waals surface area contributed by atoms with Crippen molar-refractivity contribution in [1.29, 1.82) is 0 Å². The molecule has 1 aromatic heterocycles. The van der Waals surface area contributed by atoms with E-state index in [1.807, 2.05) is 19.2 Å². The minimum Gasteiger partial charge on any atom is -0.354 e. The highest BCUT2D eigenvalue weighted by atomic mass is 32.1. The maximum Gasteiger partial charge on any atom is 0.257 e. The number of guanidine groups is 1. The number of hydrogen-bond donors (Lipinski definition) is 2. The molecule has 0 aromatic carbocycles. The van der Waals surface area contributed by atoms with Crippen molar-refractivity contribution < 1.29 is 4.79 Å². The Balaban J connectivity index is 2.14. The molecule has 0 saturated heterocycles. The van der Waals surface area contributed by atoms with E-state index in [9.17, 15) is 4.79 Å². The molecule has 15 heavy (non-hydrogen) atoms. The molecule has 0 radical (unpaired) electrons. The highest BCUT2D eigenvalue weighted by Gasteiger charge is 2.29. The van der Waals surface area contributed by atoms with Crippen LogP contribution in [-0.2, 0) is 4.79 Å². The lowest BCUT2D eigenvalue weighted by Gasteiger charge is -2.07. The van der Waals surface area contributed by atoms with E-state index in [1.54, 1.807) is 5.51 Å². The van der Waals surface area contributed by atoms with Crippen molar-refractivity contribution in [2.24, 2.45) is 4.99 Å². The van der Waals surface area contributed by atoms with Crippen molar-refractivity contribution in [2.75, 3.05) is 0 Å². The summed E-state index contributed by atoms with van der Waals surface area (Å²) in [6.45, 7) is 3.98. The first-order valence-corrected chi connectivity index (χ1v) is 5.64. The van der Waals surface area contributed by atoms with Crippen molar-refractivity contribution >= 4 is 23.2 Å². The Morgan fingerprint density at radius 3 is 3.00 bits per heavy atom. The molecule has 2 N–H and O–H groups in total. The fraction of sp³-hybridized carbons (Fsp3) is 0.444. The van der Waals surface area contributed by atoms with Gasteiger partial charge in [-0.1, -0.05) is 0 Å². The number of nitrogens with one attached hydrogen (secondary N) is 2. The molecule has 0 saturated carbocycles. The molecule has 1 unspecified atom stereocenters. The Morgan fingerprint density at radius 2 is 2.40 bits per heavy atom. The van der Waals surface area contributed by atoms with Crippen molar-refractivity contribution in [3.05, 3.63) is 16.6 Å². The summed E-state index contributed by atoms with van der Waals surface area (Å²) in [5, 5.41) is 7.59. The number of thiazole rings is 1. The molecule has 0 aliphatic carbocycles. The third kappa shape index (κ3) is 2.15. The van der Waals surface area contributed by atoms with Gasteiger partial charge in [0, 0.05) is 11.4 Å². The predicted octanol–water partition coefficient (Wildman–Crippen LogP) is 0.668. The van der Waals surface area contributed by atoms with E-state index in [0.29, 0.717) is 11.7 Å². The molecular weight excluding hydrogens is 212 g/mol. The molecule has 1 aliphatic rings. The molecule has 2 rings (SSSR count). The van der Waals surface area contributed by atoms with Gasteiger partial charge in [-0.3, -0.25) is 10.1 Å². The lowest BCUT2D eigenvalue weighted by Crippen LogP contribution is -2.40. The molecule has 0 fully saturated rings. The number of amides is 1. The average molecular weight is 224 g/mol. The van der Waals surface area contributed by atoms with Crippen LogP contribution in [0.25, 0.3) is 0 Å². The van der Waals surface area contributed by atoms with Gasteiger partial charge in [-0.15, -0.1) is 11.3 Å². The largest absolute Gasteiger partial charge is 0.354 e. The van der Waals surface area contributed by atoms with Gasteiger partial charge in [0.1, 0.15) is 0 Å². The van der Waals surface area contributed by atoms with Crippen LogP contribution in [0.4, 0.5) is 0 Å². The number of carbonyl (C=O) groups is 1. The van der Waals surface area contributed by atoms with E-state index in [-0.39, 0.29) is 11.9 Å². The number of nitrogens with zero attached hydrogens (tertiary/aromatic N) is 2. The molecule has 1 aromatic rings. The molecule has 2 heterocycles.